The largest absolute Gasteiger partial charge is 0.377 e. The summed E-state index contributed by atoms with van der Waals surface area (Å²) < 4.78 is 30.6. The summed E-state index contributed by atoms with van der Waals surface area (Å²) >= 11 is 0. The maximum Gasteiger partial charge on any atom is 0.254 e. The van der Waals surface area contributed by atoms with Gasteiger partial charge in [-0.15, -0.1) is 0 Å². The van der Waals surface area contributed by atoms with Crippen LogP contribution < -0.4 is 4.31 Å². The Balaban J connectivity index is 1.92. The number of ether oxygens (including phenoxy) is 1. The molecule has 0 N–H and O–H groups in total. The van der Waals surface area contributed by atoms with Crippen LogP contribution in [0.5, 0.6) is 0 Å². The van der Waals surface area contributed by atoms with Gasteiger partial charge in [0.15, 0.2) is 0 Å². The zero-order chi connectivity index (χ0) is 17.5. The predicted octanol–water partition coefficient (Wildman–Crippen LogP) is 0.860. The van der Waals surface area contributed by atoms with Gasteiger partial charge in [0.25, 0.3) is 5.91 Å². The first kappa shape index (κ1) is 16.9. The molecule has 2 amide bonds. The van der Waals surface area contributed by atoms with E-state index in [1.54, 1.807) is 24.0 Å². The number of nitrogens with zero attached hydrogens (tertiary/aromatic N) is 2. The van der Waals surface area contributed by atoms with E-state index in [-0.39, 0.29) is 23.4 Å². The van der Waals surface area contributed by atoms with E-state index in [1.165, 1.54) is 12.1 Å². The Morgan fingerprint density at radius 2 is 2.04 bits per heavy atom. The normalized spacial score (nSPS) is 26.7. The number of carbonyl (C=O) groups is 2. The summed E-state index contributed by atoms with van der Waals surface area (Å²) in [5, 5.41) is 0. The number of amides is 2. The van der Waals surface area contributed by atoms with E-state index in [4.69, 9.17) is 4.74 Å². The lowest BCUT2D eigenvalue weighted by atomic mass is 10.1. The minimum atomic E-state index is -3.68. The number of anilines is 1. The third kappa shape index (κ3) is 2.91. The van der Waals surface area contributed by atoms with Crippen LogP contribution in [0, 0.1) is 5.92 Å². The summed E-state index contributed by atoms with van der Waals surface area (Å²) in [5.74, 6) is -1.43. The quantitative estimate of drug-likeness (QED) is 0.788. The van der Waals surface area contributed by atoms with Crippen molar-refractivity contribution in [3.8, 4) is 0 Å². The van der Waals surface area contributed by atoms with Crippen LogP contribution in [0.1, 0.15) is 24.2 Å². The van der Waals surface area contributed by atoms with Crippen molar-refractivity contribution >= 4 is 27.5 Å². The van der Waals surface area contributed by atoms with Gasteiger partial charge < -0.3 is 9.64 Å². The predicted molar refractivity (Wildman–Crippen MR) is 88.2 cm³/mol. The molecule has 2 aliphatic heterocycles. The number of rotatable bonds is 2. The van der Waals surface area contributed by atoms with Crippen molar-refractivity contribution in [2.75, 3.05) is 29.8 Å². The average Bonchev–Trinajstić information content (AvgIpc) is 2.75. The molecule has 130 valence electrons. The zero-order valence-electron chi connectivity index (χ0n) is 13.6. The molecule has 0 aliphatic carbocycles. The lowest BCUT2D eigenvalue weighted by Gasteiger charge is -2.33. The average molecular weight is 352 g/mol. The van der Waals surface area contributed by atoms with Crippen LogP contribution in [0.4, 0.5) is 5.69 Å². The molecule has 0 radical (unpaired) electrons. The van der Waals surface area contributed by atoms with Crippen molar-refractivity contribution in [3.05, 3.63) is 29.8 Å². The summed E-state index contributed by atoms with van der Waals surface area (Å²) in [4.78, 5) is 26.6. The molecule has 1 aromatic carbocycles. The minimum absolute atomic E-state index is 0.0490. The van der Waals surface area contributed by atoms with E-state index in [2.05, 4.69) is 0 Å². The van der Waals surface area contributed by atoms with Crippen LogP contribution in [0.3, 0.4) is 0 Å². The van der Waals surface area contributed by atoms with Gasteiger partial charge in [0, 0.05) is 12.1 Å². The fourth-order valence-electron chi connectivity index (χ4n) is 3.05. The number of hydrogen-bond acceptors (Lipinski definition) is 5. The van der Waals surface area contributed by atoms with Crippen LogP contribution in [0.2, 0.25) is 0 Å². The van der Waals surface area contributed by atoms with Gasteiger partial charge in [-0.3, -0.25) is 9.59 Å². The summed E-state index contributed by atoms with van der Waals surface area (Å²) in [7, 11) is -3.68. The molecule has 2 unspecified atom stereocenters. The van der Waals surface area contributed by atoms with E-state index < -0.39 is 21.8 Å². The first-order valence-electron chi connectivity index (χ1n) is 7.87. The molecule has 3 rings (SSSR count). The highest BCUT2D eigenvalue weighted by atomic mass is 32.2. The monoisotopic (exact) mass is 352 g/mol. The Morgan fingerprint density at radius 3 is 2.67 bits per heavy atom. The molecule has 0 aromatic heterocycles. The highest BCUT2D eigenvalue weighted by molar-refractivity contribution is 7.94. The standard InChI is InChI=1S/C16H20N2O5S/c1-11-10-24(21,22)18(15(11)19)14-5-3-4-13(8-14)16(20)17-6-7-23-9-12(17)2/h3-5,8,11-12H,6-7,9-10H2,1-2H3. The number of benzene rings is 1. The maximum absolute atomic E-state index is 12.7. The third-order valence-corrected chi connectivity index (χ3v) is 6.18. The molecule has 2 heterocycles. The van der Waals surface area contributed by atoms with Gasteiger partial charge in [0.2, 0.25) is 15.9 Å². The molecule has 8 heteroatoms. The summed E-state index contributed by atoms with van der Waals surface area (Å²) in [6, 6.07) is 6.18. The van der Waals surface area contributed by atoms with E-state index in [9.17, 15) is 18.0 Å². The first-order valence-corrected chi connectivity index (χ1v) is 9.48. The van der Waals surface area contributed by atoms with Gasteiger partial charge >= 0.3 is 0 Å². The Morgan fingerprint density at radius 1 is 1.29 bits per heavy atom. The minimum Gasteiger partial charge on any atom is -0.377 e. The number of morpholine rings is 1. The number of carbonyl (C=O) groups excluding carboxylic acids is 2. The Labute approximate surface area is 141 Å². The van der Waals surface area contributed by atoms with Crippen LogP contribution in [0.25, 0.3) is 0 Å². The molecular formula is C16H20N2O5S. The highest BCUT2D eigenvalue weighted by Gasteiger charge is 2.42. The number of hydrogen-bond donors (Lipinski definition) is 0. The molecule has 0 spiro atoms. The molecule has 2 atom stereocenters. The van der Waals surface area contributed by atoms with E-state index in [0.717, 1.165) is 4.31 Å². The SMILES string of the molecule is CC1CS(=O)(=O)N(c2cccc(C(=O)N3CCOCC3C)c2)C1=O. The Hall–Kier alpha value is -1.93. The fourth-order valence-corrected chi connectivity index (χ4v) is 4.86. The second-order valence-corrected chi connectivity index (χ2v) is 8.12. The van der Waals surface area contributed by atoms with E-state index >= 15 is 0 Å². The molecule has 0 saturated carbocycles. The molecule has 1 aromatic rings. The van der Waals surface area contributed by atoms with Crippen LogP contribution in [-0.4, -0.2) is 56.7 Å². The maximum atomic E-state index is 12.7. The van der Waals surface area contributed by atoms with Gasteiger partial charge in [-0.2, -0.15) is 0 Å². The van der Waals surface area contributed by atoms with E-state index in [0.29, 0.717) is 25.3 Å². The Bertz CT molecular complexity index is 776. The molecule has 2 fully saturated rings. The lowest BCUT2D eigenvalue weighted by Crippen LogP contribution is -2.47. The van der Waals surface area contributed by atoms with E-state index in [1.807, 2.05) is 6.92 Å². The summed E-state index contributed by atoms with van der Waals surface area (Å²) in [6.07, 6.45) is 0. The van der Waals surface area contributed by atoms with Crippen molar-refractivity contribution in [1.29, 1.82) is 0 Å². The molecule has 2 saturated heterocycles. The van der Waals surface area contributed by atoms with Gasteiger partial charge in [-0.05, 0) is 25.1 Å². The highest BCUT2D eigenvalue weighted by Crippen LogP contribution is 2.29. The zero-order valence-corrected chi connectivity index (χ0v) is 14.5. The topological polar surface area (TPSA) is 84.0 Å². The van der Waals surface area contributed by atoms with Crippen LogP contribution in [-0.2, 0) is 19.6 Å². The first-order chi connectivity index (χ1) is 11.3. The molecule has 24 heavy (non-hydrogen) atoms. The Kier molecular flexibility index (Phi) is 4.35. The second kappa shape index (κ2) is 6.18. The van der Waals surface area contributed by atoms with Gasteiger partial charge in [-0.25, -0.2) is 12.7 Å². The number of sulfonamides is 1. The summed E-state index contributed by atoms with van der Waals surface area (Å²) in [6.45, 7) is 4.93. The third-order valence-electron chi connectivity index (χ3n) is 4.32. The van der Waals surface area contributed by atoms with Crippen molar-refractivity contribution in [2.24, 2.45) is 5.92 Å². The van der Waals surface area contributed by atoms with Gasteiger partial charge in [-0.1, -0.05) is 13.0 Å². The molecule has 7 nitrogen and oxygen atoms in total. The van der Waals surface area contributed by atoms with Crippen LogP contribution >= 0.6 is 0 Å². The smallest absolute Gasteiger partial charge is 0.254 e. The van der Waals surface area contributed by atoms with Crippen molar-refractivity contribution in [2.45, 2.75) is 19.9 Å². The van der Waals surface area contributed by atoms with Crippen molar-refractivity contribution in [3.63, 3.8) is 0 Å². The molecule has 0 bridgehead atoms. The summed E-state index contributed by atoms with van der Waals surface area (Å²) in [5.41, 5.74) is 0.583. The fraction of sp³-hybridized carbons (Fsp3) is 0.500. The van der Waals surface area contributed by atoms with Crippen LogP contribution in [0.15, 0.2) is 24.3 Å². The lowest BCUT2D eigenvalue weighted by molar-refractivity contribution is -0.119. The van der Waals surface area contributed by atoms with Gasteiger partial charge in [0.1, 0.15) is 0 Å². The van der Waals surface area contributed by atoms with Crippen molar-refractivity contribution in [1.82, 2.24) is 4.90 Å². The molecular weight excluding hydrogens is 332 g/mol. The molecule has 2 aliphatic rings. The van der Waals surface area contributed by atoms with Crippen molar-refractivity contribution < 1.29 is 22.7 Å². The second-order valence-electron chi connectivity index (χ2n) is 6.26. The van der Waals surface area contributed by atoms with Gasteiger partial charge in [0.05, 0.1) is 36.6 Å².